The lowest BCUT2D eigenvalue weighted by Crippen LogP contribution is -2.41. The molecular formula is C10H19NOS. The van der Waals surface area contributed by atoms with Crippen molar-refractivity contribution >= 4 is 18.5 Å². The maximum absolute atomic E-state index is 11.6. The molecule has 0 radical (unpaired) electrons. The minimum atomic E-state index is -0.160. The molecule has 3 heteroatoms. The maximum Gasteiger partial charge on any atom is 0.235 e. The van der Waals surface area contributed by atoms with Gasteiger partial charge in [-0.25, -0.2) is 0 Å². The molecule has 1 fully saturated rings. The quantitative estimate of drug-likeness (QED) is 0.678. The number of amides is 1. The van der Waals surface area contributed by atoms with Gasteiger partial charge in [-0.15, -0.1) is 0 Å². The van der Waals surface area contributed by atoms with Crippen LogP contribution in [0.5, 0.6) is 0 Å². The summed E-state index contributed by atoms with van der Waals surface area (Å²) in [5, 5.41) is -0.160. The molecule has 0 aromatic heterocycles. The molecule has 0 N–H and O–H groups in total. The molecule has 1 aliphatic carbocycles. The molecule has 1 aliphatic rings. The number of thiol groups is 1. The third kappa shape index (κ3) is 2.90. The molecule has 0 aliphatic heterocycles. The predicted molar refractivity (Wildman–Crippen MR) is 58.1 cm³/mol. The third-order valence-electron chi connectivity index (χ3n) is 2.83. The van der Waals surface area contributed by atoms with E-state index < -0.39 is 0 Å². The maximum atomic E-state index is 11.6. The van der Waals surface area contributed by atoms with Gasteiger partial charge in [-0.3, -0.25) is 4.79 Å². The molecule has 1 unspecified atom stereocenters. The van der Waals surface area contributed by atoms with Gasteiger partial charge >= 0.3 is 0 Å². The molecule has 0 saturated heterocycles. The standard InChI is InChI=1S/C10H19NOS/c1-8(13)10(12)11(2)9-6-4-3-5-7-9/h8-9,13H,3-7H2,1-2H3. The fourth-order valence-corrected chi connectivity index (χ4v) is 2.13. The Morgan fingerprint density at radius 1 is 1.38 bits per heavy atom. The van der Waals surface area contributed by atoms with E-state index in [0.29, 0.717) is 6.04 Å². The molecule has 0 aromatic rings. The SMILES string of the molecule is CC(S)C(=O)N(C)C1CCCCC1. The van der Waals surface area contributed by atoms with E-state index in [9.17, 15) is 4.79 Å². The van der Waals surface area contributed by atoms with E-state index in [4.69, 9.17) is 0 Å². The zero-order chi connectivity index (χ0) is 9.84. The highest BCUT2D eigenvalue weighted by molar-refractivity contribution is 7.81. The van der Waals surface area contributed by atoms with Gasteiger partial charge < -0.3 is 4.90 Å². The Morgan fingerprint density at radius 3 is 2.38 bits per heavy atom. The first-order valence-corrected chi connectivity index (χ1v) is 5.59. The van der Waals surface area contributed by atoms with Crippen molar-refractivity contribution in [3.63, 3.8) is 0 Å². The monoisotopic (exact) mass is 201 g/mol. The lowest BCUT2D eigenvalue weighted by molar-refractivity contribution is -0.131. The summed E-state index contributed by atoms with van der Waals surface area (Å²) in [6.45, 7) is 1.84. The normalized spacial score (nSPS) is 21.2. The minimum absolute atomic E-state index is 0.160. The first-order chi connectivity index (χ1) is 6.13. The summed E-state index contributed by atoms with van der Waals surface area (Å²) < 4.78 is 0. The molecule has 1 amide bonds. The largest absolute Gasteiger partial charge is 0.342 e. The molecule has 1 atom stereocenters. The second-order valence-corrected chi connectivity index (χ2v) is 4.69. The van der Waals surface area contributed by atoms with Crippen molar-refractivity contribution in [2.75, 3.05) is 7.05 Å². The molecular weight excluding hydrogens is 182 g/mol. The highest BCUT2D eigenvalue weighted by Gasteiger charge is 2.23. The van der Waals surface area contributed by atoms with Gasteiger partial charge in [-0.1, -0.05) is 19.3 Å². The van der Waals surface area contributed by atoms with Gasteiger partial charge in [0.2, 0.25) is 5.91 Å². The van der Waals surface area contributed by atoms with Crippen molar-refractivity contribution in [3.05, 3.63) is 0 Å². The molecule has 1 saturated carbocycles. The third-order valence-corrected chi connectivity index (χ3v) is 3.05. The van der Waals surface area contributed by atoms with Crippen molar-refractivity contribution in [3.8, 4) is 0 Å². The van der Waals surface area contributed by atoms with Gasteiger partial charge in [0, 0.05) is 13.1 Å². The number of hydrogen-bond donors (Lipinski definition) is 1. The topological polar surface area (TPSA) is 20.3 Å². The highest BCUT2D eigenvalue weighted by Crippen LogP contribution is 2.22. The smallest absolute Gasteiger partial charge is 0.235 e. The van der Waals surface area contributed by atoms with Crippen LogP contribution in [-0.2, 0) is 4.79 Å². The van der Waals surface area contributed by atoms with Crippen LogP contribution in [0.2, 0.25) is 0 Å². The highest BCUT2D eigenvalue weighted by atomic mass is 32.1. The van der Waals surface area contributed by atoms with E-state index >= 15 is 0 Å². The van der Waals surface area contributed by atoms with E-state index in [-0.39, 0.29) is 11.2 Å². The van der Waals surface area contributed by atoms with Gasteiger partial charge in [0.15, 0.2) is 0 Å². The van der Waals surface area contributed by atoms with Crippen LogP contribution in [0, 0.1) is 0 Å². The summed E-state index contributed by atoms with van der Waals surface area (Å²) in [5.41, 5.74) is 0. The van der Waals surface area contributed by atoms with Crippen LogP contribution in [0.1, 0.15) is 39.0 Å². The molecule has 76 valence electrons. The van der Waals surface area contributed by atoms with Crippen LogP contribution in [0.15, 0.2) is 0 Å². The fourth-order valence-electron chi connectivity index (χ4n) is 1.94. The van der Waals surface area contributed by atoms with Crippen LogP contribution in [-0.4, -0.2) is 29.1 Å². The second-order valence-electron chi connectivity index (χ2n) is 3.92. The molecule has 0 aromatic carbocycles. The number of hydrogen-bond acceptors (Lipinski definition) is 2. The fraction of sp³-hybridized carbons (Fsp3) is 0.900. The summed E-state index contributed by atoms with van der Waals surface area (Å²) in [5.74, 6) is 0.162. The second kappa shape index (κ2) is 4.89. The number of rotatable bonds is 2. The molecule has 1 rings (SSSR count). The van der Waals surface area contributed by atoms with Gasteiger partial charge in [-0.2, -0.15) is 12.6 Å². The Bertz CT molecular complexity index is 176. The van der Waals surface area contributed by atoms with Crippen molar-refractivity contribution in [1.82, 2.24) is 4.90 Å². The van der Waals surface area contributed by atoms with Crippen LogP contribution < -0.4 is 0 Å². The number of carbonyl (C=O) groups is 1. The number of nitrogens with zero attached hydrogens (tertiary/aromatic N) is 1. The average Bonchev–Trinajstić information content (AvgIpc) is 2.17. The Balaban J connectivity index is 2.45. The Morgan fingerprint density at radius 2 is 1.92 bits per heavy atom. The molecule has 2 nitrogen and oxygen atoms in total. The van der Waals surface area contributed by atoms with Crippen LogP contribution in [0.3, 0.4) is 0 Å². The van der Waals surface area contributed by atoms with Gasteiger partial charge in [0.25, 0.3) is 0 Å². The van der Waals surface area contributed by atoms with Crippen molar-refractivity contribution < 1.29 is 4.79 Å². The predicted octanol–water partition coefficient (Wildman–Crippen LogP) is 2.10. The van der Waals surface area contributed by atoms with E-state index in [1.54, 1.807) is 0 Å². The van der Waals surface area contributed by atoms with Crippen LogP contribution >= 0.6 is 12.6 Å². The lowest BCUT2D eigenvalue weighted by Gasteiger charge is -2.32. The van der Waals surface area contributed by atoms with E-state index in [1.807, 2.05) is 18.9 Å². The Kier molecular flexibility index (Phi) is 4.10. The van der Waals surface area contributed by atoms with Gasteiger partial charge in [0.1, 0.15) is 0 Å². The summed E-state index contributed by atoms with van der Waals surface area (Å²) in [4.78, 5) is 13.5. The average molecular weight is 201 g/mol. The van der Waals surface area contributed by atoms with E-state index in [2.05, 4.69) is 12.6 Å². The number of carbonyl (C=O) groups excluding carboxylic acids is 1. The van der Waals surface area contributed by atoms with Crippen molar-refractivity contribution in [2.45, 2.75) is 50.3 Å². The first kappa shape index (κ1) is 10.9. The molecule has 0 bridgehead atoms. The van der Waals surface area contributed by atoms with Gasteiger partial charge in [0.05, 0.1) is 5.25 Å². The lowest BCUT2D eigenvalue weighted by atomic mass is 9.94. The van der Waals surface area contributed by atoms with Crippen LogP contribution in [0.25, 0.3) is 0 Å². The summed E-state index contributed by atoms with van der Waals surface area (Å²) >= 11 is 4.16. The van der Waals surface area contributed by atoms with E-state index in [1.165, 1.54) is 32.1 Å². The Labute approximate surface area is 86.1 Å². The summed E-state index contributed by atoms with van der Waals surface area (Å²) in [6, 6.07) is 0.468. The minimum Gasteiger partial charge on any atom is -0.342 e. The Hall–Kier alpha value is -0.180. The molecule has 13 heavy (non-hydrogen) atoms. The van der Waals surface area contributed by atoms with Gasteiger partial charge in [-0.05, 0) is 19.8 Å². The zero-order valence-electron chi connectivity index (χ0n) is 8.49. The van der Waals surface area contributed by atoms with Crippen LogP contribution in [0.4, 0.5) is 0 Å². The summed E-state index contributed by atoms with van der Waals surface area (Å²) in [6.07, 6.45) is 6.20. The van der Waals surface area contributed by atoms with Crippen molar-refractivity contribution in [2.24, 2.45) is 0 Å². The summed E-state index contributed by atoms with van der Waals surface area (Å²) in [7, 11) is 1.91. The first-order valence-electron chi connectivity index (χ1n) is 5.07. The molecule has 0 heterocycles. The van der Waals surface area contributed by atoms with Crippen molar-refractivity contribution in [1.29, 1.82) is 0 Å². The zero-order valence-corrected chi connectivity index (χ0v) is 9.39. The van der Waals surface area contributed by atoms with E-state index in [0.717, 1.165) is 0 Å². The molecule has 0 spiro atoms.